The number of rotatable bonds is 5. The minimum atomic E-state index is -0.285. The van der Waals surface area contributed by atoms with Crippen LogP contribution in [0, 0.1) is 0 Å². The molecule has 0 bridgehead atoms. The fourth-order valence-corrected chi connectivity index (χ4v) is 2.87. The number of hydrogen-bond acceptors (Lipinski definition) is 6. The second-order valence-corrected chi connectivity index (χ2v) is 5.92. The summed E-state index contributed by atoms with van der Waals surface area (Å²) in [6.07, 6.45) is 1.55. The Morgan fingerprint density at radius 3 is 2.57 bits per heavy atom. The topological polar surface area (TPSA) is 90.6 Å². The number of hydrogen-bond donors (Lipinski definition) is 1. The second-order valence-electron chi connectivity index (χ2n) is 5.92. The Bertz CT molecular complexity index is 1140. The van der Waals surface area contributed by atoms with Gasteiger partial charge in [-0.05, 0) is 36.4 Å². The first kappa shape index (κ1) is 17.5. The number of para-hydroxylation sites is 1. The van der Waals surface area contributed by atoms with E-state index < -0.39 is 0 Å². The molecule has 0 unspecified atom stereocenters. The third-order valence-electron chi connectivity index (χ3n) is 4.25. The molecule has 28 heavy (non-hydrogen) atoms. The average molecular weight is 375 g/mol. The lowest BCUT2D eigenvalue weighted by Crippen LogP contribution is -2.13. The highest BCUT2D eigenvalue weighted by molar-refractivity contribution is 6.06. The molecular weight excluding hydrogens is 358 g/mol. The Morgan fingerprint density at radius 2 is 1.82 bits per heavy atom. The van der Waals surface area contributed by atoms with Gasteiger partial charge in [-0.3, -0.25) is 4.79 Å². The number of nitrogens with zero attached hydrogens (tertiary/aromatic N) is 4. The van der Waals surface area contributed by atoms with Crippen LogP contribution >= 0.6 is 0 Å². The average Bonchev–Trinajstić information content (AvgIpc) is 3.21. The molecule has 0 aliphatic rings. The molecule has 0 atom stereocenters. The Hall–Kier alpha value is -3.94. The molecule has 2 aromatic carbocycles. The number of methoxy groups -OCH3 is 2. The van der Waals surface area contributed by atoms with Crippen molar-refractivity contribution < 1.29 is 14.3 Å². The number of fused-ring (bicyclic) bond motifs is 1. The normalized spacial score (nSPS) is 10.6. The van der Waals surface area contributed by atoms with Crippen molar-refractivity contribution in [2.75, 3.05) is 19.5 Å². The van der Waals surface area contributed by atoms with E-state index in [4.69, 9.17) is 9.47 Å². The molecule has 2 heterocycles. The van der Waals surface area contributed by atoms with Crippen LogP contribution in [-0.4, -0.2) is 39.9 Å². The van der Waals surface area contributed by atoms with Gasteiger partial charge in [0, 0.05) is 11.3 Å². The lowest BCUT2D eigenvalue weighted by atomic mass is 10.1. The van der Waals surface area contributed by atoms with Crippen molar-refractivity contribution in [3.05, 3.63) is 66.5 Å². The molecule has 0 aliphatic heterocycles. The lowest BCUT2D eigenvalue weighted by Gasteiger charge is -2.12. The maximum absolute atomic E-state index is 12.7. The molecule has 0 radical (unpaired) electrons. The molecule has 1 N–H and O–H groups in total. The van der Waals surface area contributed by atoms with Gasteiger partial charge in [0.2, 0.25) is 0 Å². The molecule has 8 heteroatoms. The molecule has 8 nitrogen and oxygen atoms in total. The Balaban J connectivity index is 1.55. The van der Waals surface area contributed by atoms with Crippen LogP contribution in [0.5, 0.6) is 11.5 Å². The lowest BCUT2D eigenvalue weighted by molar-refractivity contribution is 0.102. The number of benzene rings is 2. The van der Waals surface area contributed by atoms with Gasteiger partial charge in [0.15, 0.2) is 17.1 Å². The van der Waals surface area contributed by atoms with Crippen LogP contribution in [0.25, 0.3) is 16.9 Å². The van der Waals surface area contributed by atoms with Crippen LogP contribution in [0.2, 0.25) is 0 Å². The van der Waals surface area contributed by atoms with Gasteiger partial charge in [-0.1, -0.05) is 18.2 Å². The van der Waals surface area contributed by atoms with Crippen LogP contribution in [0.3, 0.4) is 0 Å². The smallest absolute Gasteiger partial charge is 0.259 e. The van der Waals surface area contributed by atoms with Crippen molar-refractivity contribution in [1.29, 1.82) is 0 Å². The maximum Gasteiger partial charge on any atom is 0.259 e. The number of ether oxygens (including phenoxy) is 2. The summed E-state index contributed by atoms with van der Waals surface area (Å²) in [5.74, 6) is 0.610. The fraction of sp³-hybridized carbons (Fsp3) is 0.100. The molecule has 140 valence electrons. The summed E-state index contributed by atoms with van der Waals surface area (Å²) in [5.41, 5.74) is 3.42. The number of aromatic nitrogens is 4. The molecule has 0 saturated carbocycles. The monoisotopic (exact) mass is 375 g/mol. The molecule has 0 saturated heterocycles. The van der Waals surface area contributed by atoms with Gasteiger partial charge in [-0.25, -0.2) is 0 Å². The van der Waals surface area contributed by atoms with Crippen LogP contribution in [0.1, 0.15) is 10.4 Å². The predicted molar refractivity (Wildman–Crippen MR) is 104 cm³/mol. The molecule has 0 fully saturated rings. The molecular formula is C20H17N5O3. The Kier molecular flexibility index (Phi) is 4.59. The molecule has 0 aliphatic carbocycles. The summed E-state index contributed by atoms with van der Waals surface area (Å²) < 4.78 is 12.2. The summed E-state index contributed by atoms with van der Waals surface area (Å²) in [5, 5.41) is 15.1. The highest BCUT2D eigenvalue weighted by atomic mass is 16.5. The van der Waals surface area contributed by atoms with Crippen LogP contribution in [-0.2, 0) is 0 Å². The van der Waals surface area contributed by atoms with Gasteiger partial charge in [0.05, 0.1) is 25.5 Å². The van der Waals surface area contributed by atoms with Gasteiger partial charge < -0.3 is 14.8 Å². The summed E-state index contributed by atoms with van der Waals surface area (Å²) in [6, 6.07) is 16.3. The van der Waals surface area contributed by atoms with Gasteiger partial charge in [0.25, 0.3) is 5.91 Å². The van der Waals surface area contributed by atoms with E-state index in [0.717, 1.165) is 11.3 Å². The summed E-state index contributed by atoms with van der Waals surface area (Å²) in [4.78, 5) is 12.7. The number of carbonyl (C=O) groups excluding carboxylic acids is 1. The molecule has 2 aromatic heterocycles. The van der Waals surface area contributed by atoms with E-state index in [2.05, 4.69) is 20.6 Å². The van der Waals surface area contributed by atoms with Crippen LogP contribution in [0.15, 0.2) is 60.9 Å². The van der Waals surface area contributed by atoms with Gasteiger partial charge in [-0.2, -0.15) is 9.61 Å². The molecule has 4 rings (SSSR count). The zero-order valence-corrected chi connectivity index (χ0v) is 15.3. The van der Waals surface area contributed by atoms with E-state index in [-0.39, 0.29) is 5.91 Å². The number of amides is 1. The molecule has 0 spiro atoms. The van der Waals surface area contributed by atoms with E-state index >= 15 is 0 Å². The van der Waals surface area contributed by atoms with Crippen LogP contribution < -0.4 is 14.8 Å². The Morgan fingerprint density at radius 1 is 1.00 bits per heavy atom. The Labute approximate surface area is 160 Å². The van der Waals surface area contributed by atoms with Crippen molar-refractivity contribution in [3.8, 4) is 22.8 Å². The minimum absolute atomic E-state index is 0.285. The predicted octanol–water partition coefficient (Wildman–Crippen LogP) is 3.06. The molecule has 1 amide bonds. The van der Waals surface area contributed by atoms with E-state index in [9.17, 15) is 4.79 Å². The molecule has 4 aromatic rings. The SMILES string of the molecule is COc1cccc(C(=O)Nc2ccc(-c3ccc4nncn4n3)cc2)c1OC. The number of nitrogens with one attached hydrogen (secondary N) is 1. The summed E-state index contributed by atoms with van der Waals surface area (Å²) in [7, 11) is 3.03. The van der Waals surface area contributed by atoms with Gasteiger partial charge in [-0.15, -0.1) is 10.2 Å². The van der Waals surface area contributed by atoms with Crippen molar-refractivity contribution in [1.82, 2.24) is 19.8 Å². The number of anilines is 1. The van der Waals surface area contributed by atoms with Crippen molar-refractivity contribution in [2.45, 2.75) is 0 Å². The van der Waals surface area contributed by atoms with E-state index in [1.165, 1.54) is 14.2 Å². The summed E-state index contributed by atoms with van der Waals surface area (Å²) >= 11 is 0. The highest BCUT2D eigenvalue weighted by Crippen LogP contribution is 2.31. The standard InChI is InChI=1S/C20H17N5O3/c1-27-17-5-3-4-15(19(17)28-2)20(26)22-14-8-6-13(7-9-14)16-10-11-18-23-21-12-25(18)24-16/h3-12H,1-2H3,(H,22,26). The van der Waals surface area contributed by atoms with Crippen LogP contribution in [0.4, 0.5) is 5.69 Å². The van der Waals surface area contributed by atoms with E-state index in [0.29, 0.717) is 28.4 Å². The zero-order valence-electron chi connectivity index (χ0n) is 15.3. The third kappa shape index (κ3) is 3.23. The third-order valence-corrected chi connectivity index (χ3v) is 4.25. The first-order chi connectivity index (χ1) is 13.7. The van der Waals surface area contributed by atoms with E-state index in [1.54, 1.807) is 29.0 Å². The minimum Gasteiger partial charge on any atom is -0.493 e. The quantitative estimate of drug-likeness (QED) is 0.576. The van der Waals surface area contributed by atoms with Gasteiger partial charge in [0.1, 0.15) is 6.33 Å². The highest BCUT2D eigenvalue weighted by Gasteiger charge is 2.16. The maximum atomic E-state index is 12.7. The largest absolute Gasteiger partial charge is 0.493 e. The van der Waals surface area contributed by atoms with Crippen molar-refractivity contribution in [3.63, 3.8) is 0 Å². The van der Waals surface area contributed by atoms with Crippen molar-refractivity contribution in [2.24, 2.45) is 0 Å². The van der Waals surface area contributed by atoms with Crippen molar-refractivity contribution >= 4 is 17.2 Å². The number of carbonyl (C=O) groups is 1. The first-order valence-electron chi connectivity index (χ1n) is 8.49. The first-order valence-corrected chi connectivity index (χ1v) is 8.49. The second kappa shape index (κ2) is 7.36. The zero-order chi connectivity index (χ0) is 19.5. The summed E-state index contributed by atoms with van der Waals surface area (Å²) in [6.45, 7) is 0. The fourth-order valence-electron chi connectivity index (χ4n) is 2.87. The van der Waals surface area contributed by atoms with E-state index in [1.807, 2.05) is 36.4 Å². The van der Waals surface area contributed by atoms with Gasteiger partial charge >= 0.3 is 0 Å².